The van der Waals surface area contributed by atoms with Gasteiger partial charge in [0.1, 0.15) is 0 Å². The minimum absolute atomic E-state index is 0.434. The molecule has 2 aliphatic rings. The molecule has 2 heteroatoms. The lowest BCUT2D eigenvalue weighted by atomic mass is 10.0. The Morgan fingerprint density at radius 1 is 1.12 bits per heavy atom. The molecule has 0 bridgehead atoms. The highest BCUT2D eigenvalue weighted by Crippen LogP contribution is 2.40. The van der Waals surface area contributed by atoms with Gasteiger partial charge in [0.2, 0.25) is 0 Å². The minimum Gasteiger partial charge on any atom is -0.328 e. The third-order valence-electron chi connectivity index (χ3n) is 4.04. The van der Waals surface area contributed by atoms with E-state index in [1.165, 1.54) is 18.4 Å². The molecule has 17 heavy (non-hydrogen) atoms. The van der Waals surface area contributed by atoms with Crippen LogP contribution in [0.2, 0.25) is 0 Å². The fourth-order valence-corrected chi connectivity index (χ4v) is 2.73. The van der Waals surface area contributed by atoms with Gasteiger partial charge >= 0.3 is 0 Å². The van der Waals surface area contributed by atoms with Crippen molar-refractivity contribution < 1.29 is 0 Å². The summed E-state index contributed by atoms with van der Waals surface area (Å²) in [4.78, 5) is 2.54. The lowest BCUT2D eigenvalue weighted by molar-refractivity contribution is 0.205. The number of hydrogen-bond donors (Lipinski definition) is 1. The van der Waals surface area contributed by atoms with E-state index in [-0.39, 0.29) is 0 Å². The third-order valence-corrected chi connectivity index (χ3v) is 4.04. The van der Waals surface area contributed by atoms with Crippen LogP contribution in [-0.4, -0.2) is 24.0 Å². The molecule has 0 unspecified atom stereocenters. The Hall–Kier alpha value is -0.860. The van der Waals surface area contributed by atoms with E-state index in [0.29, 0.717) is 6.04 Å². The summed E-state index contributed by atoms with van der Waals surface area (Å²) >= 11 is 0. The van der Waals surface area contributed by atoms with E-state index < -0.39 is 0 Å². The van der Waals surface area contributed by atoms with Crippen molar-refractivity contribution in [2.75, 3.05) is 13.1 Å². The molecule has 0 atom stereocenters. The number of benzene rings is 1. The van der Waals surface area contributed by atoms with Gasteiger partial charge in [-0.2, -0.15) is 0 Å². The van der Waals surface area contributed by atoms with Crippen LogP contribution in [0.1, 0.15) is 42.7 Å². The van der Waals surface area contributed by atoms with Crippen LogP contribution >= 0.6 is 0 Å². The molecule has 2 N–H and O–H groups in total. The normalized spacial score (nSPS) is 22.9. The standard InChI is InChI=1S/C15H22N2/c16-15-6-8-17(9-7-15)11-12-2-1-3-14(10-12)13-4-5-13/h1-3,10,13,15H,4-9,11,16H2. The summed E-state index contributed by atoms with van der Waals surface area (Å²) in [5.41, 5.74) is 8.96. The number of nitrogens with zero attached hydrogens (tertiary/aromatic N) is 1. The molecule has 1 aliphatic carbocycles. The average molecular weight is 230 g/mol. The molecule has 0 amide bonds. The zero-order valence-electron chi connectivity index (χ0n) is 10.4. The lowest BCUT2D eigenvalue weighted by Gasteiger charge is -2.30. The molecule has 0 spiro atoms. The van der Waals surface area contributed by atoms with E-state index in [0.717, 1.165) is 38.4 Å². The second-order valence-electron chi connectivity index (χ2n) is 5.63. The van der Waals surface area contributed by atoms with Crippen LogP contribution < -0.4 is 5.73 Å². The second-order valence-corrected chi connectivity index (χ2v) is 5.63. The van der Waals surface area contributed by atoms with E-state index in [1.54, 1.807) is 5.56 Å². The van der Waals surface area contributed by atoms with Gasteiger partial charge < -0.3 is 5.73 Å². The fraction of sp³-hybridized carbons (Fsp3) is 0.600. The monoisotopic (exact) mass is 230 g/mol. The van der Waals surface area contributed by atoms with E-state index >= 15 is 0 Å². The van der Waals surface area contributed by atoms with Crippen molar-refractivity contribution in [2.24, 2.45) is 5.73 Å². The Labute approximate surface area is 104 Å². The van der Waals surface area contributed by atoms with Gasteiger partial charge in [-0.3, -0.25) is 4.90 Å². The molecule has 1 saturated carbocycles. The predicted molar refractivity (Wildman–Crippen MR) is 70.9 cm³/mol. The summed E-state index contributed by atoms with van der Waals surface area (Å²) in [6, 6.07) is 9.61. The van der Waals surface area contributed by atoms with Gasteiger partial charge in [-0.1, -0.05) is 24.3 Å². The maximum atomic E-state index is 5.94. The highest BCUT2D eigenvalue weighted by molar-refractivity contribution is 5.29. The van der Waals surface area contributed by atoms with Gasteiger partial charge in [0.25, 0.3) is 0 Å². The van der Waals surface area contributed by atoms with Crippen LogP contribution in [0.4, 0.5) is 0 Å². The largest absolute Gasteiger partial charge is 0.328 e. The van der Waals surface area contributed by atoms with E-state index in [2.05, 4.69) is 29.2 Å². The maximum Gasteiger partial charge on any atom is 0.0233 e. The Morgan fingerprint density at radius 3 is 2.59 bits per heavy atom. The molecule has 2 fully saturated rings. The molecule has 1 aromatic carbocycles. The zero-order valence-corrected chi connectivity index (χ0v) is 10.4. The van der Waals surface area contributed by atoms with Crippen molar-refractivity contribution in [2.45, 2.75) is 44.2 Å². The van der Waals surface area contributed by atoms with Crippen molar-refractivity contribution in [1.29, 1.82) is 0 Å². The highest BCUT2D eigenvalue weighted by Gasteiger charge is 2.23. The fourth-order valence-electron chi connectivity index (χ4n) is 2.73. The molecule has 1 aromatic rings. The Kier molecular flexibility index (Phi) is 3.17. The first-order valence-corrected chi connectivity index (χ1v) is 6.88. The minimum atomic E-state index is 0.434. The number of hydrogen-bond acceptors (Lipinski definition) is 2. The molecule has 0 radical (unpaired) electrons. The summed E-state index contributed by atoms with van der Waals surface area (Å²) in [7, 11) is 0. The van der Waals surface area contributed by atoms with Crippen LogP contribution in [0.15, 0.2) is 24.3 Å². The van der Waals surface area contributed by atoms with Crippen LogP contribution in [-0.2, 0) is 6.54 Å². The molecule has 92 valence electrons. The first-order valence-electron chi connectivity index (χ1n) is 6.88. The van der Waals surface area contributed by atoms with Crippen LogP contribution in [0.3, 0.4) is 0 Å². The topological polar surface area (TPSA) is 29.3 Å². The SMILES string of the molecule is NC1CCN(Cc2cccc(C3CC3)c2)CC1. The third kappa shape index (κ3) is 2.88. The van der Waals surface area contributed by atoms with Gasteiger partial charge in [0, 0.05) is 12.6 Å². The van der Waals surface area contributed by atoms with Gasteiger partial charge in [0.05, 0.1) is 0 Å². The van der Waals surface area contributed by atoms with Gasteiger partial charge in [-0.25, -0.2) is 0 Å². The summed E-state index contributed by atoms with van der Waals surface area (Å²) in [6.07, 6.45) is 5.09. The van der Waals surface area contributed by atoms with Gasteiger partial charge in [-0.15, -0.1) is 0 Å². The smallest absolute Gasteiger partial charge is 0.0233 e. The number of piperidine rings is 1. The molecular formula is C15H22N2. The zero-order chi connectivity index (χ0) is 11.7. The molecule has 1 saturated heterocycles. The maximum absolute atomic E-state index is 5.94. The Balaban J connectivity index is 1.62. The van der Waals surface area contributed by atoms with Crippen molar-refractivity contribution >= 4 is 0 Å². The van der Waals surface area contributed by atoms with Crippen LogP contribution in [0.5, 0.6) is 0 Å². The molecule has 1 heterocycles. The Bertz CT molecular complexity index is 376. The molecule has 2 nitrogen and oxygen atoms in total. The van der Waals surface area contributed by atoms with Crippen molar-refractivity contribution in [1.82, 2.24) is 4.90 Å². The van der Waals surface area contributed by atoms with Crippen molar-refractivity contribution in [3.8, 4) is 0 Å². The van der Waals surface area contributed by atoms with Crippen LogP contribution in [0, 0.1) is 0 Å². The lowest BCUT2D eigenvalue weighted by Crippen LogP contribution is -2.39. The summed E-state index contributed by atoms with van der Waals surface area (Å²) < 4.78 is 0. The van der Waals surface area contributed by atoms with E-state index in [1.807, 2.05) is 0 Å². The predicted octanol–water partition coefficient (Wildman–Crippen LogP) is 2.49. The van der Waals surface area contributed by atoms with Gasteiger partial charge in [0.15, 0.2) is 0 Å². The van der Waals surface area contributed by atoms with Crippen molar-refractivity contribution in [3.63, 3.8) is 0 Å². The number of nitrogens with two attached hydrogens (primary N) is 1. The Morgan fingerprint density at radius 2 is 1.88 bits per heavy atom. The number of likely N-dealkylation sites (tertiary alicyclic amines) is 1. The molecule has 0 aromatic heterocycles. The van der Waals surface area contributed by atoms with Crippen LogP contribution in [0.25, 0.3) is 0 Å². The second kappa shape index (κ2) is 4.79. The molecular weight excluding hydrogens is 208 g/mol. The van der Waals surface area contributed by atoms with Crippen molar-refractivity contribution in [3.05, 3.63) is 35.4 Å². The quantitative estimate of drug-likeness (QED) is 0.864. The summed E-state index contributed by atoms with van der Waals surface area (Å²) in [6.45, 7) is 3.43. The molecule has 1 aliphatic heterocycles. The highest BCUT2D eigenvalue weighted by atomic mass is 15.1. The van der Waals surface area contributed by atoms with Gasteiger partial charge in [-0.05, 0) is 55.8 Å². The number of rotatable bonds is 3. The molecule has 3 rings (SSSR count). The first-order chi connectivity index (χ1) is 8.31. The van der Waals surface area contributed by atoms with E-state index in [4.69, 9.17) is 5.73 Å². The summed E-state index contributed by atoms with van der Waals surface area (Å²) in [5.74, 6) is 0.865. The van der Waals surface area contributed by atoms with E-state index in [9.17, 15) is 0 Å². The first kappa shape index (κ1) is 11.2. The summed E-state index contributed by atoms with van der Waals surface area (Å²) in [5, 5.41) is 0. The average Bonchev–Trinajstić information content (AvgIpc) is 3.17.